The molecular weight excluding hydrogens is 394 g/mol. The van der Waals surface area contributed by atoms with Gasteiger partial charge in [0.25, 0.3) is 0 Å². The third-order valence-corrected chi connectivity index (χ3v) is 6.55. The minimum absolute atomic E-state index is 0.0503. The Bertz CT molecular complexity index is 879. The van der Waals surface area contributed by atoms with Crippen molar-refractivity contribution in [3.05, 3.63) is 74.8 Å². The van der Waals surface area contributed by atoms with Gasteiger partial charge in [0.15, 0.2) is 0 Å². The van der Waals surface area contributed by atoms with Gasteiger partial charge in [0.1, 0.15) is 5.75 Å². The van der Waals surface area contributed by atoms with Gasteiger partial charge in [0, 0.05) is 17.2 Å². The van der Waals surface area contributed by atoms with E-state index in [1.807, 2.05) is 30.3 Å². The molecule has 2 aromatic carbocycles. The number of ether oxygens (including phenoxy) is 1. The molecule has 4 nitrogen and oxygen atoms in total. The number of nitro groups is 1. The molecule has 1 aliphatic heterocycles. The van der Waals surface area contributed by atoms with Crippen molar-refractivity contribution >= 4 is 23.4 Å². The highest BCUT2D eigenvalue weighted by atomic mass is 35.5. The molecule has 0 saturated heterocycles. The first-order chi connectivity index (χ1) is 13.0. The van der Waals surface area contributed by atoms with E-state index in [1.165, 1.54) is 5.56 Å². The molecule has 3 rings (SSSR count). The summed E-state index contributed by atoms with van der Waals surface area (Å²) in [6.45, 7) is 10.8. The number of thioether (sulfide) groups is 1. The minimum Gasteiger partial charge on any atom is -0.406 e. The lowest BCUT2D eigenvalue weighted by Crippen LogP contribution is -2.39. The number of benzene rings is 2. The molecule has 0 aliphatic carbocycles. The topological polar surface area (TPSA) is 52.4 Å². The number of hydrogen-bond acceptors (Lipinski definition) is 4. The van der Waals surface area contributed by atoms with Crippen molar-refractivity contribution in [2.24, 2.45) is 5.92 Å². The van der Waals surface area contributed by atoms with Crippen LogP contribution in [0, 0.1) is 16.0 Å². The molecular formula is C22H26ClNO3S. The third-order valence-electron chi connectivity index (χ3n) is 4.78. The molecule has 0 bridgehead atoms. The fraction of sp³-hybridized carbons (Fsp3) is 0.455. The monoisotopic (exact) mass is 419 g/mol. The first-order valence-corrected chi connectivity index (χ1v) is 10.7. The summed E-state index contributed by atoms with van der Waals surface area (Å²) in [6, 6.07) is 14.0. The second kappa shape index (κ2) is 7.60. The Morgan fingerprint density at radius 2 is 1.89 bits per heavy atom. The van der Waals surface area contributed by atoms with Crippen LogP contribution in [0.5, 0.6) is 5.75 Å². The van der Waals surface area contributed by atoms with Crippen molar-refractivity contribution in [1.82, 2.24) is 0 Å². The van der Waals surface area contributed by atoms with E-state index in [2.05, 4.69) is 46.8 Å². The van der Waals surface area contributed by atoms with Gasteiger partial charge in [0.05, 0.1) is 10.2 Å². The van der Waals surface area contributed by atoms with E-state index in [1.54, 1.807) is 0 Å². The van der Waals surface area contributed by atoms with Gasteiger partial charge >= 0.3 is 4.52 Å². The number of alkyl halides is 1. The van der Waals surface area contributed by atoms with Crippen LogP contribution in [0.1, 0.15) is 62.1 Å². The van der Waals surface area contributed by atoms with Crippen molar-refractivity contribution in [2.75, 3.05) is 0 Å². The van der Waals surface area contributed by atoms with Crippen molar-refractivity contribution in [3.8, 4) is 5.75 Å². The number of fused-ring (bicyclic) bond motifs is 1. The smallest absolute Gasteiger partial charge is 0.406 e. The summed E-state index contributed by atoms with van der Waals surface area (Å²) in [5.41, 5.74) is 4.05. The van der Waals surface area contributed by atoms with E-state index in [0.717, 1.165) is 34.9 Å². The van der Waals surface area contributed by atoms with Crippen LogP contribution in [0.25, 0.3) is 0 Å². The fourth-order valence-electron chi connectivity index (χ4n) is 3.37. The Balaban J connectivity index is 2.27. The highest BCUT2D eigenvalue weighted by Gasteiger charge is 2.52. The largest absolute Gasteiger partial charge is 0.496 e. The summed E-state index contributed by atoms with van der Waals surface area (Å²) in [4.78, 5) is 11.2. The Hall–Kier alpha value is -1.72. The summed E-state index contributed by atoms with van der Waals surface area (Å²) in [7, 11) is 0. The molecule has 2 unspecified atom stereocenters. The fourth-order valence-corrected chi connectivity index (χ4v) is 4.82. The van der Waals surface area contributed by atoms with Gasteiger partial charge in [-0.15, -0.1) is 0 Å². The van der Waals surface area contributed by atoms with Gasteiger partial charge < -0.3 is 4.74 Å². The predicted octanol–water partition coefficient (Wildman–Crippen LogP) is 6.52. The molecule has 6 heteroatoms. The second-order valence-corrected chi connectivity index (χ2v) is 10.7. The lowest BCUT2D eigenvalue weighted by Gasteiger charge is -2.34. The molecule has 0 spiro atoms. The predicted molar refractivity (Wildman–Crippen MR) is 116 cm³/mol. The van der Waals surface area contributed by atoms with Crippen LogP contribution >= 0.6 is 23.4 Å². The lowest BCUT2D eigenvalue weighted by atomic mass is 9.82. The first-order valence-electron chi connectivity index (χ1n) is 9.44. The van der Waals surface area contributed by atoms with Crippen LogP contribution in [0.3, 0.4) is 0 Å². The maximum absolute atomic E-state index is 11.8. The zero-order valence-electron chi connectivity index (χ0n) is 16.9. The molecule has 1 aliphatic rings. The highest BCUT2D eigenvalue weighted by molar-refractivity contribution is 8.01. The molecule has 2 atom stereocenters. The van der Waals surface area contributed by atoms with Crippen LogP contribution in [-0.2, 0) is 11.8 Å². The van der Waals surface area contributed by atoms with Gasteiger partial charge in [-0.2, -0.15) is 0 Å². The molecule has 28 heavy (non-hydrogen) atoms. The Kier molecular flexibility index (Phi) is 5.70. The lowest BCUT2D eigenvalue weighted by molar-refractivity contribution is -0.552. The molecule has 2 aromatic rings. The summed E-state index contributed by atoms with van der Waals surface area (Å²) >= 11 is 7.39. The van der Waals surface area contributed by atoms with Gasteiger partial charge in [-0.05, 0) is 46.2 Å². The summed E-state index contributed by atoms with van der Waals surface area (Å²) in [6.07, 6.45) is 0.767. The normalized spacial score (nSPS) is 21.9. The first kappa shape index (κ1) is 21.0. The van der Waals surface area contributed by atoms with Crippen molar-refractivity contribution in [3.63, 3.8) is 0 Å². The maximum atomic E-state index is 11.8. The Morgan fingerprint density at radius 3 is 2.43 bits per heavy atom. The van der Waals surface area contributed by atoms with Crippen LogP contribution < -0.4 is 4.74 Å². The summed E-state index contributed by atoms with van der Waals surface area (Å²) < 4.78 is 3.82. The van der Waals surface area contributed by atoms with E-state index >= 15 is 0 Å². The molecule has 0 radical (unpaired) electrons. The van der Waals surface area contributed by atoms with Gasteiger partial charge in [-0.25, -0.2) is 0 Å². The standard InChI is InChI=1S/C22H26ClNO3S/c1-14(2)11-16-12-17(21(3,4)5)13-18-19(16)27-22(23,24(25)26)28-20(18)15-9-7-6-8-10-15/h6-10,12-14,20H,11H2,1-5H3. The maximum Gasteiger partial charge on any atom is 0.496 e. The van der Waals surface area contributed by atoms with Gasteiger partial charge in [0.2, 0.25) is 0 Å². The van der Waals surface area contributed by atoms with Crippen molar-refractivity contribution in [2.45, 2.75) is 56.2 Å². The van der Waals surface area contributed by atoms with E-state index in [4.69, 9.17) is 16.3 Å². The minimum atomic E-state index is -2.04. The van der Waals surface area contributed by atoms with E-state index in [9.17, 15) is 10.1 Å². The molecule has 0 fully saturated rings. The van der Waals surface area contributed by atoms with Crippen LogP contribution in [-0.4, -0.2) is 9.44 Å². The number of rotatable bonds is 4. The number of halogens is 1. The summed E-state index contributed by atoms with van der Waals surface area (Å²) in [5, 5.41) is 11.5. The average molecular weight is 420 g/mol. The van der Waals surface area contributed by atoms with Crippen LogP contribution in [0.15, 0.2) is 42.5 Å². The SMILES string of the molecule is CC(C)Cc1cc(C(C)(C)C)cc2c1OC(Cl)([N+](=O)[O-])SC2c1ccccc1. The quantitative estimate of drug-likeness (QED) is 0.245. The zero-order valence-corrected chi connectivity index (χ0v) is 18.4. The second-order valence-electron chi connectivity index (χ2n) is 8.67. The van der Waals surface area contributed by atoms with E-state index in [-0.39, 0.29) is 10.7 Å². The molecule has 0 amide bonds. The number of nitrogens with zero attached hydrogens (tertiary/aromatic N) is 1. The van der Waals surface area contributed by atoms with E-state index in [0.29, 0.717) is 11.7 Å². The van der Waals surface area contributed by atoms with Gasteiger partial charge in [-0.1, -0.05) is 77.1 Å². The number of hydrogen-bond donors (Lipinski definition) is 0. The summed E-state index contributed by atoms with van der Waals surface area (Å²) in [5.74, 6) is 0.939. The van der Waals surface area contributed by atoms with E-state index < -0.39 is 9.44 Å². The van der Waals surface area contributed by atoms with Crippen molar-refractivity contribution < 1.29 is 9.66 Å². The van der Waals surface area contributed by atoms with Crippen molar-refractivity contribution in [1.29, 1.82) is 0 Å². The molecule has 1 heterocycles. The Labute approximate surface area is 175 Å². The third kappa shape index (κ3) is 4.15. The van der Waals surface area contributed by atoms with Gasteiger partial charge in [-0.3, -0.25) is 10.1 Å². The highest BCUT2D eigenvalue weighted by Crippen LogP contribution is 2.55. The molecule has 0 N–H and O–H groups in total. The Morgan fingerprint density at radius 1 is 1.25 bits per heavy atom. The molecule has 0 aromatic heterocycles. The van der Waals surface area contributed by atoms with Crippen LogP contribution in [0.4, 0.5) is 0 Å². The molecule has 150 valence electrons. The zero-order chi connectivity index (χ0) is 20.7. The molecule has 0 saturated carbocycles. The average Bonchev–Trinajstić information content (AvgIpc) is 2.61. The van der Waals surface area contributed by atoms with Crippen LogP contribution in [0.2, 0.25) is 0 Å².